The van der Waals surface area contributed by atoms with E-state index in [2.05, 4.69) is 9.97 Å². The van der Waals surface area contributed by atoms with Gasteiger partial charge in [-0.1, -0.05) is 11.6 Å². The summed E-state index contributed by atoms with van der Waals surface area (Å²) in [6, 6.07) is 4.60. The highest BCUT2D eigenvalue weighted by Gasteiger charge is 2.41. The van der Waals surface area contributed by atoms with E-state index in [-0.39, 0.29) is 5.02 Å². The molecule has 1 heterocycles. The van der Waals surface area contributed by atoms with Gasteiger partial charge in [0.15, 0.2) is 0 Å². The van der Waals surface area contributed by atoms with Gasteiger partial charge < -0.3 is 10.7 Å². The number of nitrogens with two attached hydrogens (primary N) is 1. The summed E-state index contributed by atoms with van der Waals surface area (Å²) < 4.78 is 13.1. The van der Waals surface area contributed by atoms with Crippen molar-refractivity contribution in [2.45, 2.75) is 25.3 Å². The highest BCUT2D eigenvalue weighted by molar-refractivity contribution is 6.31. The normalized spacial score (nSPS) is 18.3. The van der Waals surface area contributed by atoms with E-state index in [0.29, 0.717) is 5.92 Å². The minimum absolute atomic E-state index is 0.103. The fourth-order valence-corrected chi connectivity index (χ4v) is 2.46. The zero-order chi connectivity index (χ0) is 13.6. The van der Waals surface area contributed by atoms with E-state index in [9.17, 15) is 4.39 Å². The second kappa shape index (κ2) is 4.32. The first-order valence-electron chi connectivity index (χ1n) is 6.28. The van der Waals surface area contributed by atoms with Crippen molar-refractivity contribution in [2.75, 3.05) is 0 Å². The molecule has 1 aromatic carbocycles. The largest absolute Gasteiger partial charge is 0.340 e. The van der Waals surface area contributed by atoms with Crippen molar-refractivity contribution in [3.8, 4) is 11.3 Å². The summed E-state index contributed by atoms with van der Waals surface area (Å²) in [5.41, 5.74) is 7.48. The number of rotatable bonds is 3. The van der Waals surface area contributed by atoms with Crippen LogP contribution < -0.4 is 5.73 Å². The quantitative estimate of drug-likeness (QED) is 0.904. The number of hydrogen-bond donors (Lipinski definition) is 2. The molecule has 2 aromatic rings. The third-order valence-corrected chi connectivity index (χ3v) is 4.03. The summed E-state index contributed by atoms with van der Waals surface area (Å²) in [7, 11) is 0. The smallest absolute Gasteiger partial charge is 0.141 e. The summed E-state index contributed by atoms with van der Waals surface area (Å²) in [6.45, 7) is 1.99. The molecule has 1 atom stereocenters. The molecule has 19 heavy (non-hydrogen) atoms. The van der Waals surface area contributed by atoms with Crippen LogP contribution in [0.4, 0.5) is 4.39 Å². The van der Waals surface area contributed by atoms with Crippen LogP contribution in [0.1, 0.15) is 25.6 Å². The Kier molecular flexibility index (Phi) is 2.87. The number of aromatic nitrogens is 2. The highest BCUT2D eigenvalue weighted by Crippen LogP contribution is 2.43. The summed E-state index contributed by atoms with van der Waals surface area (Å²) in [4.78, 5) is 7.58. The average molecular weight is 280 g/mol. The number of H-pyrrole nitrogens is 1. The first-order chi connectivity index (χ1) is 8.98. The minimum Gasteiger partial charge on any atom is -0.340 e. The second-order valence-electron chi connectivity index (χ2n) is 5.33. The maximum atomic E-state index is 13.1. The molecular formula is C14H15ClFN3. The van der Waals surface area contributed by atoms with Gasteiger partial charge in [-0.05, 0) is 43.9 Å². The number of nitrogens with zero attached hydrogens (tertiary/aromatic N) is 1. The van der Waals surface area contributed by atoms with Gasteiger partial charge in [-0.2, -0.15) is 0 Å². The molecule has 5 heteroatoms. The molecule has 0 saturated heterocycles. The molecule has 0 spiro atoms. The number of benzene rings is 1. The molecule has 3 nitrogen and oxygen atoms in total. The van der Waals surface area contributed by atoms with Crippen molar-refractivity contribution in [3.63, 3.8) is 0 Å². The van der Waals surface area contributed by atoms with E-state index in [0.717, 1.165) is 29.9 Å². The summed E-state index contributed by atoms with van der Waals surface area (Å²) in [5.74, 6) is 0.834. The topological polar surface area (TPSA) is 54.7 Å². The predicted molar refractivity (Wildman–Crippen MR) is 73.3 cm³/mol. The maximum absolute atomic E-state index is 13.1. The highest BCUT2D eigenvalue weighted by atomic mass is 35.5. The number of hydrogen-bond acceptors (Lipinski definition) is 2. The van der Waals surface area contributed by atoms with Gasteiger partial charge in [-0.25, -0.2) is 9.37 Å². The molecule has 1 aliphatic rings. The minimum atomic E-state index is -0.428. The van der Waals surface area contributed by atoms with Crippen LogP contribution in [0.15, 0.2) is 24.4 Å². The van der Waals surface area contributed by atoms with Crippen LogP contribution in [0.2, 0.25) is 5.02 Å². The molecule has 1 aromatic heterocycles. The Bertz CT molecular complexity index is 617. The van der Waals surface area contributed by atoms with Crippen molar-refractivity contribution in [1.82, 2.24) is 9.97 Å². The van der Waals surface area contributed by atoms with Gasteiger partial charge in [0, 0.05) is 5.56 Å². The number of imidazole rings is 1. The summed E-state index contributed by atoms with van der Waals surface area (Å²) >= 11 is 5.79. The van der Waals surface area contributed by atoms with Gasteiger partial charge in [-0.15, -0.1) is 0 Å². The zero-order valence-electron chi connectivity index (χ0n) is 10.6. The fourth-order valence-electron chi connectivity index (χ4n) is 2.28. The van der Waals surface area contributed by atoms with Gasteiger partial charge in [0.25, 0.3) is 0 Å². The van der Waals surface area contributed by atoms with Gasteiger partial charge in [-0.3, -0.25) is 0 Å². The molecule has 3 rings (SSSR count). The lowest BCUT2D eigenvalue weighted by atomic mass is 9.97. The van der Waals surface area contributed by atoms with Crippen molar-refractivity contribution >= 4 is 11.6 Å². The van der Waals surface area contributed by atoms with Gasteiger partial charge in [0.2, 0.25) is 0 Å². The Labute approximate surface area is 116 Å². The van der Waals surface area contributed by atoms with E-state index in [1.807, 2.05) is 6.92 Å². The third-order valence-electron chi connectivity index (χ3n) is 3.74. The average Bonchev–Trinajstić information content (AvgIpc) is 3.11. The monoisotopic (exact) mass is 279 g/mol. The first-order valence-corrected chi connectivity index (χ1v) is 6.66. The van der Waals surface area contributed by atoms with E-state index in [1.165, 1.54) is 6.07 Å². The van der Waals surface area contributed by atoms with Gasteiger partial charge >= 0.3 is 0 Å². The molecule has 0 amide bonds. The molecule has 3 N–H and O–H groups in total. The van der Waals surface area contributed by atoms with Crippen LogP contribution in [0.3, 0.4) is 0 Å². The Morgan fingerprint density at radius 1 is 1.47 bits per heavy atom. The molecule has 1 aliphatic carbocycles. The van der Waals surface area contributed by atoms with Gasteiger partial charge in [0.05, 0.1) is 22.5 Å². The van der Waals surface area contributed by atoms with E-state index >= 15 is 0 Å². The molecule has 0 bridgehead atoms. The standard InChI is InChI=1S/C14H15ClFN3/c1-14(17,9-3-4-9)13-18-7-12(19-13)8-2-5-11(16)10(15)6-8/h2,5-7,9H,3-4,17H2,1H3,(H,18,19). The molecular weight excluding hydrogens is 265 g/mol. The predicted octanol–water partition coefficient (Wildman–Crippen LogP) is 3.45. The SMILES string of the molecule is CC(N)(c1ncc(-c2ccc(F)c(Cl)c2)[nH]1)C1CC1. The third kappa shape index (κ3) is 2.26. The van der Waals surface area contributed by atoms with Crippen molar-refractivity contribution in [3.05, 3.63) is 41.1 Å². The number of halogens is 2. The molecule has 0 radical (unpaired) electrons. The van der Waals surface area contributed by atoms with Crippen LogP contribution in [-0.4, -0.2) is 9.97 Å². The number of aromatic amines is 1. The van der Waals surface area contributed by atoms with Crippen LogP contribution >= 0.6 is 11.6 Å². The number of nitrogens with one attached hydrogen (secondary N) is 1. The Morgan fingerprint density at radius 3 is 2.84 bits per heavy atom. The van der Waals surface area contributed by atoms with Crippen LogP contribution in [0.5, 0.6) is 0 Å². The van der Waals surface area contributed by atoms with Crippen LogP contribution in [-0.2, 0) is 5.54 Å². The summed E-state index contributed by atoms with van der Waals surface area (Å²) in [5, 5.41) is 0.103. The zero-order valence-corrected chi connectivity index (χ0v) is 11.3. The van der Waals surface area contributed by atoms with Crippen LogP contribution in [0.25, 0.3) is 11.3 Å². The second-order valence-corrected chi connectivity index (χ2v) is 5.74. The molecule has 1 fully saturated rings. The lowest BCUT2D eigenvalue weighted by Crippen LogP contribution is -2.36. The lowest BCUT2D eigenvalue weighted by molar-refractivity contribution is 0.404. The van der Waals surface area contributed by atoms with Crippen molar-refractivity contribution < 1.29 is 4.39 Å². The first kappa shape index (κ1) is 12.6. The molecule has 1 unspecified atom stereocenters. The van der Waals surface area contributed by atoms with E-state index in [4.69, 9.17) is 17.3 Å². The maximum Gasteiger partial charge on any atom is 0.141 e. The van der Waals surface area contributed by atoms with Gasteiger partial charge in [0.1, 0.15) is 11.6 Å². The Morgan fingerprint density at radius 2 is 2.21 bits per heavy atom. The summed E-state index contributed by atoms with van der Waals surface area (Å²) in [6.07, 6.45) is 4.00. The molecule has 100 valence electrons. The lowest BCUT2D eigenvalue weighted by Gasteiger charge is -2.21. The van der Waals surface area contributed by atoms with E-state index in [1.54, 1.807) is 18.3 Å². The van der Waals surface area contributed by atoms with Crippen molar-refractivity contribution in [2.24, 2.45) is 11.7 Å². The molecule has 1 saturated carbocycles. The van der Waals surface area contributed by atoms with E-state index < -0.39 is 11.4 Å². The Hall–Kier alpha value is -1.39. The van der Waals surface area contributed by atoms with Crippen molar-refractivity contribution in [1.29, 1.82) is 0 Å². The molecule has 0 aliphatic heterocycles. The Balaban J connectivity index is 1.94. The van der Waals surface area contributed by atoms with Crippen LogP contribution in [0, 0.1) is 11.7 Å². The fraction of sp³-hybridized carbons (Fsp3) is 0.357.